The van der Waals surface area contributed by atoms with Gasteiger partial charge in [-0.15, -0.1) is 0 Å². The maximum Gasteiger partial charge on any atom is 0.313 e. The molecule has 0 saturated carbocycles. The largest absolute Gasteiger partial charge is 0.383 e. The molecule has 5 nitrogen and oxygen atoms in total. The molecular formula is C13H17ClN2O3. The molecule has 1 aromatic rings. The molecule has 0 spiro atoms. The highest BCUT2D eigenvalue weighted by molar-refractivity contribution is 6.41. The van der Waals surface area contributed by atoms with Crippen LogP contribution in [0.5, 0.6) is 0 Å². The van der Waals surface area contributed by atoms with Crippen molar-refractivity contribution in [1.82, 2.24) is 5.32 Å². The summed E-state index contributed by atoms with van der Waals surface area (Å²) in [6.07, 6.45) is 0. The molecule has 2 N–H and O–H groups in total. The Morgan fingerprint density at radius 3 is 2.53 bits per heavy atom. The normalized spacial score (nSPS) is 10.1. The number of methoxy groups -OCH3 is 1. The van der Waals surface area contributed by atoms with Crippen LogP contribution in [0.15, 0.2) is 12.1 Å². The van der Waals surface area contributed by atoms with Crippen LogP contribution in [0.4, 0.5) is 5.69 Å². The van der Waals surface area contributed by atoms with E-state index in [1.54, 1.807) is 6.07 Å². The first kappa shape index (κ1) is 15.5. The topological polar surface area (TPSA) is 67.4 Å². The number of aryl methyl sites for hydroxylation is 2. The van der Waals surface area contributed by atoms with Crippen LogP contribution in [0.1, 0.15) is 11.1 Å². The van der Waals surface area contributed by atoms with Crippen LogP contribution in [0.25, 0.3) is 0 Å². The highest BCUT2D eigenvalue weighted by atomic mass is 35.5. The van der Waals surface area contributed by atoms with Crippen molar-refractivity contribution in [3.63, 3.8) is 0 Å². The number of benzene rings is 1. The van der Waals surface area contributed by atoms with Gasteiger partial charge in [-0.05, 0) is 31.0 Å². The monoisotopic (exact) mass is 284 g/mol. The highest BCUT2D eigenvalue weighted by Gasteiger charge is 2.16. The quantitative estimate of drug-likeness (QED) is 0.653. The lowest BCUT2D eigenvalue weighted by atomic mass is 10.1. The third kappa shape index (κ3) is 4.54. The van der Waals surface area contributed by atoms with E-state index in [2.05, 4.69) is 10.6 Å². The second-order valence-corrected chi connectivity index (χ2v) is 4.55. The van der Waals surface area contributed by atoms with Crippen LogP contribution in [0, 0.1) is 13.8 Å². The summed E-state index contributed by atoms with van der Waals surface area (Å²) in [7, 11) is 1.52. The molecule has 0 aliphatic heterocycles. The summed E-state index contributed by atoms with van der Waals surface area (Å²) in [6, 6.07) is 3.61. The molecule has 0 atom stereocenters. The smallest absolute Gasteiger partial charge is 0.313 e. The summed E-state index contributed by atoms with van der Waals surface area (Å²) in [5, 5.41) is 5.36. The first-order valence-corrected chi connectivity index (χ1v) is 6.18. The van der Waals surface area contributed by atoms with Gasteiger partial charge in [0.1, 0.15) is 0 Å². The predicted molar refractivity (Wildman–Crippen MR) is 74.4 cm³/mol. The van der Waals surface area contributed by atoms with Crippen molar-refractivity contribution in [1.29, 1.82) is 0 Å². The molecule has 19 heavy (non-hydrogen) atoms. The first-order chi connectivity index (χ1) is 8.95. The number of hydrogen-bond acceptors (Lipinski definition) is 3. The lowest BCUT2D eigenvalue weighted by molar-refractivity contribution is -0.136. The summed E-state index contributed by atoms with van der Waals surface area (Å²) in [5.74, 6) is -1.46. The van der Waals surface area contributed by atoms with Gasteiger partial charge in [0, 0.05) is 13.7 Å². The van der Waals surface area contributed by atoms with Crippen LogP contribution in [0.2, 0.25) is 5.02 Å². The molecule has 0 bridgehead atoms. The Labute approximate surface area is 117 Å². The number of carbonyl (C=O) groups is 2. The number of carbonyl (C=O) groups excluding carboxylic acids is 2. The van der Waals surface area contributed by atoms with Gasteiger partial charge in [0.2, 0.25) is 0 Å². The number of ether oxygens (including phenoxy) is 1. The van der Waals surface area contributed by atoms with E-state index in [0.717, 1.165) is 11.1 Å². The maximum atomic E-state index is 11.7. The van der Waals surface area contributed by atoms with E-state index < -0.39 is 11.8 Å². The molecule has 0 aliphatic carbocycles. The molecule has 2 amide bonds. The van der Waals surface area contributed by atoms with E-state index in [9.17, 15) is 9.59 Å². The van der Waals surface area contributed by atoms with Crippen LogP contribution < -0.4 is 10.6 Å². The lowest BCUT2D eigenvalue weighted by Gasteiger charge is -2.11. The van der Waals surface area contributed by atoms with Gasteiger partial charge in [0.05, 0.1) is 17.3 Å². The minimum Gasteiger partial charge on any atom is -0.383 e. The SMILES string of the molecule is COCCNC(=O)C(=O)Nc1c(C)cc(C)cc1Cl. The van der Waals surface area contributed by atoms with E-state index in [0.29, 0.717) is 17.3 Å². The predicted octanol–water partition coefficient (Wildman–Crippen LogP) is 1.66. The van der Waals surface area contributed by atoms with E-state index in [4.69, 9.17) is 16.3 Å². The Morgan fingerprint density at radius 2 is 1.95 bits per heavy atom. The number of hydrogen-bond donors (Lipinski definition) is 2. The minimum absolute atomic E-state index is 0.281. The Balaban J connectivity index is 2.69. The molecule has 104 valence electrons. The fourth-order valence-electron chi connectivity index (χ4n) is 1.59. The van der Waals surface area contributed by atoms with E-state index >= 15 is 0 Å². The number of anilines is 1. The zero-order chi connectivity index (χ0) is 14.4. The molecular weight excluding hydrogens is 268 g/mol. The van der Waals surface area contributed by atoms with Crippen molar-refractivity contribution >= 4 is 29.1 Å². The summed E-state index contributed by atoms with van der Waals surface area (Å²) in [5.41, 5.74) is 2.26. The fraction of sp³-hybridized carbons (Fsp3) is 0.385. The fourth-order valence-corrected chi connectivity index (χ4v) is 1.96. The number of halogens is 1. The van der Waals surface area contributed by atoms with Crippen molar-refractivity contribution in [3.8, 4) is 0 Å². The molecule has 6 heteroatoms. The Hall–Kier alpha value is -1.59. The van der Waals surface area contributed by atoms with Gasteiger partial charge in [-0.2, -0.15) is 0 Å². The van der Waals surface area contributed by atoms with Gasteiger partial charge in [0.25, 0.3) is 0 Å². The third-order valence-electron chi connectivity index (χ3n) is 2.47. The zero-order valence-electron chi connectivity index (χ0n) is 11.2. The summed E-state index contributed by atoms with van der Waals surface area (Å²) >= 11 is 6.04. The van der Waals surface area contributed by atoms with Gasteiger partial charge in [-0.25, -0.2) is 0 Å². The van der Waals surface area contributed by atoms with Gasteiger partial charge in [-0.1, -0.05) is 17.7 Å². The zero-order valence-corrected chi connectivity index (χ0v) is 11.9. The molecule has 0 fully saturated rings. The first-order valence-electron chi connectivity index (χ1n) is 5.80. The molecule has 0 saturated heterocycles. The van der Waals surface area contributed by atoms with Gasteiger partial charge in [0.15, 0.2) is 0 Å². The number of amides is 2. The van der Waals surface area contributed by atoms with Crippen LogP contribution >= 0.6 is 11.6 Å². The van der Waals surface area contributed by atoms with E-state index in [1.165, 1.54) is 7.11 Å². The van der Waals surface area contributed by atoms with Gasteiger partial charge < -0.3 is 15.4 Å². The standard InChI is InChI=1S/C13H17ClN2O3/c1-8-6-9(2)11(10(14)7-8)16-13(18)12(17)15-4-5-19-3/h6-7H,4-5H2,1-3H3,(H,15,17)(H,16,18). The van der Waals surface area contributed by atoms with Gasteiger partial charge >= 0.3 is 11.8 Å². The van der Waals surface area contributed by atoms with Gasteiger partial charge in [-0.3, -0.25) is 9.59 Å². The second kappa shape index (κ2) is 7.11. The number of rotatable bonds is 4. The van der Waals surface area contributed by atoms with Crippen LogP contribution in [0.3, 0.4) is 0 Å². The lowest BCUT2D eigenvalue weighted by Crippen LogP contribution is -2.37. The molecule has 0 unspecified atom stereocenters. The van der Waals surface area contributed by atoms with Crippen LogP contribution in [-0.2, 0) is 14.3 Å². The average molecular weight is 285 g/mol. The summed E-state index contributed by atoms with van der Waals surface area (Å²) < 4.78 is 4.77. The Kier molecular flexibility index (Phi) is 5.79. The molecule has 0 aromatic heterocycles. The summed E-state index contributed by atoms with van der Waals surface area (Å²) in [6.45, 7) is 4.35. The maximum absolute atomic E-state index is 11.7. The van der Waals surface area contributed by atoms with E-state index in [1.807, 2.05) is 19.9 Å². The number of nitrogens with one attached hydrogen (secondary N) is 2. The highest BCUT2D eigenvalue weighted by Crippen LogP contribution is 2.27. The minimum atomic E-state index is -0.745. The molecule has 0 radical (unpaired) electrons. The van der Waals surface area contributed by atoms with Crippen molar-refractivity contribution in [2.75, 3.05) is 25.6 Å². The third-order valence-corrected chi connectivity index (χ3v) is 2.77. The van der Waals surface area contributed by atoms with Crippen molar-refractivity contribution in [2.24, 2.45) is 0 Å². The van der Waals surface area contributed by atoms with Crippen molar-refractivity contribution in [2.45, 2.75) is 13.8 Å². The molecule has 0 heterocycles. The van der Waals surface area contributed by atoms with E-state index in [-0.39, 0.29) is 6.54 Å². The summed E-state index contributed by atoms with van der Waals surface area (Å²) in [4.78, 5) is 23.2. The molecule has 1 rings (SSSR count). The van der Waals surface area contributed by atoms with Crippen LogP contribution in [-0.4, -0.2) is 32.1 Å². The molecule has 0 aliphatic rings. The second-order valence-electron chi connectivity index (χ2n) is 4.14. The average Bonchev–Trinajstić information content (AvgIpc) is 2.33. The molecule has 1 aromatic carbocycles. The Morgan fingerprint density at radius 1 is 1.26 bits per heavy atom. The Bertz CT molecular complexity index is 466. The van der Waals surface area contributed by atoms with Crippen molar-refractivity contribution in [3.05, 3.63) is 28.3 Å². The van der Waals surface area contributed by atoms with Crippen molar-refractivity contribution < 1.29 is 14.3 Å².